The maximum Gasteiger partial charge on any atom is 0.241 e. The van der Waals surface area contributed by atoms with Crippen LogP contribution >= 0.6 is 0 Å². The molecule has 0 aliphatic carbocycles. The Morgan fingerprint density at radius 2 is 2.10 bits per heavy atom. The number of aromatic nitrogens is 2. The Balaban J connectivity index is 1.79. The molecule has 0 saturated heterocycles. The van der Waals surface area contributed by atoms with E-state index in [1.54, 1.807) is 6.21 Å². The molecule has 1 aromatic heterocycles. The average molecular weight is 270 g/mol. The van der Waals surface area contributed by atoms with Crippen LogP contribution in [0.1, 0.15) is 23.4 Å². The summed E-state index contributed by atoms with van der Waals surface area (Å²) in [6.07, 6.45) is 1.98. The van der Waals surface area contributed by atoms with E-state index < -0.39 is 0 Å². The molecule has 0 aliphatic rings. The van der Waals surface area contributed by atoms with Crippen LogP contribution in [0.4, 0.5) is 0 Å². The number of carbonyl (C=O) groups is 1. The standard InChI is InChI=1S/C15H18N4O/c1-12-10-13(2)19(18-12)9-8-15(20)17-16-11-14-6-4-3-5-7-14/h3-7,10-11H,8-9H2,1-2H3,(H,17,20)/b16-11-. The maximum absolute atomic E-state index is 11.7. The van der Waals surface area contributed by atoms with Crippen molar-refractivity contribution in [2.24, 2.45) is 5.10 Å². The van der Waals surface area contributed by atoms with E-state index in [-0.39, 0.29) is 5.91 Å². The molecule has 0 fully saturated rings. The van der Waals surface area contributed by atoms with Crippen LogP contribution in [-0.2, 0) is 11.3 Å². The van der Waals surface area contributed by atoms with Crippen LogP contribution in [-0.4, -0.2) is 21.9 Å². The van der Waals surface area contributed by atoms with Crippen molar-refractivity contribution in [1.82, 2.24) is 15.2 Å². The van der Waals surface area contributed by atoms with E-state index in [0.717, 1.165) is 17.0 Å². The van der Waals surface area contributed by atoms with Crippen molar-refractivity contribution in [2.75, 3.05) is 0 Å². The molecule has 0 atom stereocenters. The predicted molar refractivity (Wildman–Crippen MR) is 78.5 cm³/mol. The molecule has 0 spiro atoms. The van der Waals surface area contributed by atoms with Gasteiger partial charge in [-0.15, -0.1) is 0 Å². The second-order valence-electron chi connectivity index (χ2n) is 4.60. The number of nitrogens with one attached hydrogen (secondary N) is 1. The van der Waals surface area contributed by atoms with Crippen LogP contribution in [0.15, 0.2) is 41.5 Å². The first kappa shape index (κ1) is 14.0. The van der Waals surface area contributed by atoms with Gasteiger partial charge in [-0.1, -0.05) is 30.3 Å². The van der Waals surface area contributed by atoms with Gasteiger partial charge >= 0.3 is 0 Å². The van der Waals surface area contributed by atoms with Crippen LogP contribution in [0, 0.1) is 13.8 Å². The fourth-order valence-corrected chi connectivity index (χ4v) is 1.88. The van der Waals surface area contributed by atoms with E-state index in [0.29, 0.717) is 13.0 Å². The van der Waals surface area contributed by atoms with E-state index in [4.69, 9.17) is 0 Å². The summed E-state index contributed by atoms with van der Waals surface area (Å²) in [6.45, 7) is 4.48. The SMILES string of the molecule is Cc1cc(C)n(CCC(=O)N/N=C\c2ccccc2)n1. The molecule has 1 amide bonds. The van der Waals surface area contributed by atoms with Gasteiger partial charge in [-0.3, -0.25) is 9.48 Å². The maximum atomic E-state index is 11.7. The zero-order valence-corrected chi connectivity index (χ0v) is 11.7. The van der Waals surface area contributed by atoms with Gasteiger partial charge in [0.1, 0.15) is 0 Å². The van der Waals surface area contributed by atoms with Crippen molar-refractivity contribution in [3.8, 4) is 0 Å². The zero-order valence-electron chi connectivity index (χ0n) is 11.7. The molecule has 1 heterocycles. The number of aryl methyl sites for hydroxylation is 3. The summed E-state index contributed by atoms with van der Waals surface area (Å²) in [7, 11) is 0. The number of benzene rings is 1. The molecule has 1 N–H and O–H groups in total. The Kier molecular flexibility index (Phi) is 4.65. The lowest BCUT2D eigenvalue weighted by Gasteiger charge is -2.03. The molecule has 104 valence electrons. The van der Waals surface area contributed by atoms with Crippen LogP contribution < -0.4 is 5.43 Å². The number of amides is 1. The minimum absolute atomic E-state index is 0.121. The van der Waals surface area contributed by atoms with Gasteiger partial charge in [0.2, 0.25) is 5.91 Å². The minimum Gasteiger partial charge on any atom is -0.273 e. The molecule has 5 heteroatoms. The Morgan fingerprint density at radius 3 is 2.75 bits per heavy atom. The van der Waals surface area contributed by atoms with Gasteiger partial charge in [0, 0.05) is 12.1 Å². The Morgan fingerprint density at radius 1 is 1.35 bits per heavy atom. The smallest absolute Gasteiger partial charge is 0.241 e. The van der Waals surface area contributed by atoms with Gasteiger partial charge in [-0.05, 0) is 25.5 Å². The highest BCUT2D eigenvalue weighted by Gasteiger charge is 2.04. The average Bonchev–Trinajstić information content (AvgIpc) is 2.76. The van der Waals surface area contributed by atoms with Crippen LogP contribution in [0.3, 0.4) is 0 Å². The quantitative estimate of drug-likeness (QED) is 0.667. The van der Waals surface area contributed by atoms with E-state index >= 15 is 0 Å². The Bertz CT molecular complexity index is 602. The van der Waals surface area contributed by atoms with Crippen LogP contribution in [0.5, 0.6) is 0 Å². The van der Waals surface area contributed by atoms with Crippen molar-refractivity contribution < 1.29 is 4.79 Å². The Hall–Kier alpha value is -2.43. The largest absolute Gasteiger partial charge is 0.273 e. The van der Waals surface area contributed by atoms with Gasteiger partial charge in [0.05, 0.1) is 18.5 Å². The summed E-state index contributed by atoms with van der Waals surface area (Å²) in [6, 6.07) is 11.6. The summed E-state index contributed by atoms with van der Waals surface area (Å²) in [5.41, 5.74) is 5.49. The number of hydrazone groups is 1. The molecule has 5 nitrogen and oxygen atoms in total. The molecule has 0 bridgehead atoms. The minimum atomic E-state index is -0.121. The number of hydrogen-bond acceptors (Lipinski definition) is 3. The molecule has 0 radical (unpaired) electrons. The summed E-state index contributed by atoms with van der Waals surface area (Å²) >= 11 is 0. The molecule has 2 aromatic rings. The molecule has 0 unspecified atom stereocenters. The third kappa shape index (κ3) is 4.05. The summed E-state index contributed by atoms with van der Waals surface area (Å²) in [5.74, 6) is -0.121. The molecular formula is C15H18N4O. The fourth-order valence-electron chi connectivity index (χ4n) is 1.88. The number of rotatable bonds is 5. The highest BCUT2D eigenvalue weighted by atomic mass is 16.2. The van der Waals surface area contributed by atoms with E-state index in [1.165, 1.54) is 0 Å². The van der Waals surface area contributed by atoms with Gasteiger partial charge < -0.3 is 0 Å². The van der Waals surface area contributed by atoms with Gasteiger partial charge in [0.25, 0.3) is 0 Å². The third-order valence-electron chi connectivity index (χ3n) is 2.86. The second kappa shape index (κ2) is 6.65. The molecule has 2 rings (SSSR count). The van der Waals surface area contributed by atoms with Gasteiger partial charge in [-0.25, -0.2) is 5.43 Å². The topological polar surface area (TPSA) is 59.3 Å². The molecule has 0 saturated carbocycles. The Labute approximate surface area is 118 Å². The normalized spacial score (nSPS) is 10.9. The van der Waals surface area contributed by atoms with E-state index in [1.807, 2.05) is 54.9 Å². The third-order valence-corrected chi connectivity index (χ3v) is 2.86. The summed E-state index contributed by atoms with van der Waals surface area (Å²) in [4.78, 5) is 11.7. The lowest BCUT2D eigenvalue weighted by atomic mass is 10.2. The van der Waals surface area contributed by atoms with Crippen molar-refractivity contribution in [2.45, 2.75) is 26.8 Å². The van der Waals surface area contributed by atoms with Gasteiger partial charge in [0.15, 0.2) is 0 Å². The number of nitrogens with zero attached hydrogens (tertiary/aromatic N) is 3. The lowest BCUT2D eigenvalue weighted by Crippen LogP contribution is -2.20. The highest BCUT2D eigenvalue weighted by Crippen LogP contribution is 2.02. The highest BCUT2D eigenvalue weighted by molar-refractivity contribution is 5.82. The van der Waals surface area contributed by atoms with E-state index in [9.17, 15) is 4.79 Å². The molecule has 1 aromatic carbocycles. The predicted octanol–water partition coefficient (Wildman–Crippen LogP) is 2.04. The first-order valence-electron chi connectivity index (χ1n) is 6.53. The fraction of sp³-hybridized carbons (Fsp3) is 0.267. The van der Waals surface area contributed by atoms with Crippen LogP contribution in [0.2, 0.25) is 0 Å². The molecule has 20 heavy (non-hydrogen) atoms. The first-order valence-corrected chi connectivity index (χ1v) is 6.53. The summed E-state index contributed by atoms with van der Waals surface area (Å²) in [5, 5.41) is 8.24. The summed E-state index contributed by atoms with van der Waals surface area (Å²) < 4.78 is 1.83. The van der Waals surface area contributed by atoms with Crippen molar-refractivity contribution in [3.05, 3.63) is 53.3 Å². The number of carbonyl (C=O) groups excluding carboxylic acids is 1. The second-order valence-corrected chi connectivity index (χ2v) is 4.60. The zero-order chi connectivity index (χ0) is 14.4. The van der Waals surface area contributed by atoms with E-state index in [2.05, 4.69) is 15.6 Å². The molecule has 0 aliphatic heterocycles. The monoisotopic (exact) mass is 270 g/mol. The first-order chi connectivity index (χ1) is 9.65. The van der Waals surface area contributed by atoms with Gasteiger partial charge in [-0.2, -0.15) is 10.2 Å². The molecular weight excluding hydrogens is 252 g/mol. The van der Waals surface area contributed by atoms with Crippen molar-refractivity contribution in [1.29, 1.82) is 0 Å². The lowest BCUT2D eigenvalue weighted by molar-refractivity contribution is -0.121. The van der Waals surface area contributed by atoms with Crippen molar-refractivity contribution >= 4 is 12.1 Å². The number of hydrogen-bond donors (Lipinski definition) is 1. The van der Waals surface area contributed by atoms with Crippen molar-refractivity contribution in [3.63, 3.8) is 0 Å². The van der Waals surface area contributed by atoms with Crippen LogP contribution in [0.25, 0.3) is 0 Å².